The van der Waals surface area contributed by atoms with Crippen molar-refractivity contribution in [3.05, 3.63) is 65.5 Å². The first-order valence-electron chi connectivity index (χ1n) is 8.49. The van der Waals surface area contributed by atoms with Crippen molar-refractivity contribution in [2.75, 3.05) is 5.01 Å². The number of nitrogens with zero attached hydrogens (tertiary/aromatic N) is 5. The highest BCUT2D eigenvalue weighted by atomic mass is 32.1. The molecule has 1 atom stereocenters. The van der Waals surface area contributed by atoms with Crippen LogP contribution in [0.2, 0.25) is 0 Å². The van der Waals surface area contributed by atoms with Crippen molar-refractivity contribution in [2.45, 2.75) is 19.9 Å². The van der Waals surface area contributed by atoms with E-state index in [1.165, 1.54) is 21.9 Å². The summed E-state index contributed by atoms with van der Waals surface area (Å²) in [6.07, 6.45) is 0. The molecule has 1 aliphatic rings. The summed E-state index contributed by atoms with van der Waals surface area (Å²) in [6.45, 7) is 3.82. The lowest BCUT2D eigenvalue weighted by molar-refractivity contribution is -0.117. The summed E-state index contributed by atoms with van der Waals surface area (Å²) in [5.74, 6) is -0.239. The van der Waals surface area contributed by atoms with E-state index in [4.69, 9.17) is 0 Å². The van der Waals surface area contributed by atoms with E-state index in [0.29, 0.717) is 16.5 Å². The van der Waals surface area contributed by atoms with E-state index in [-0.39, 0.29) is 5.91 Å². The molecule has 0 bridgehead atoms. The van der Waals surface area contributed by atoms with Gasteiger partial charge in [0.2, 0.25) is 5.13 Å². The number of hydrogen-bond acceptors (Lipinski definition) is 6. The number of hydrogen-bond donors (Lipinski definition) is 0. The summed E-state index contributed by atoms with van der Waals surface area (Å²) < 4.78 is 0. The lowest BCUT2D eigenvalue weighted by atomic mass is 10.1. The van der Waals surface area contributed by atoms with E-state index in [2.05, 4.69) is 20.3 Å². The Kier molecular flexibility index (Phi) is 4.60. The van der Waals surface area contributed by atoms with Crippen LogP contribution >= 0.6 is 11.3 Å². The van der Waals surface area contributed by atoms with Crippen LogP contribution in [0, 0.1) is 6.92 Å². The Bertz CT molecular complexity index is 1020. The van der Waals surface area contributed by atoms with E-state index in [0.717, 1.165) is 11.3 Å². The van der Waals surface area contributed by atoms with Gasteiger partial charge in [0.15, 0.2) is 6.04 Å². The zero-order valence-corrected chi connectivity index (χ0v) is 15.7. The minimum Gasteiger partial charge on any atom is -0.269 e. The first kappa shape index (κ1) is 17.2. The van der Waals surface area contributed by atoms with Crippen LogP contribution in [-0.2, 0) is 4.79 Å². The van der Waals surface area contributed by atoms with Gasteiger partial charge < -0.3 is 0 Å². The van der Waals surface area contributed by atoms with E-state index in [9.17, 15) is 4.79 Å². The van der Waals surface area contributed by atoms with Crippen LogP contribution in [0.1, 0.15) is 12.5 Å². The maximum Gasteiger partial charge on any atom is 0.282 e. The number of thiazole rings is 1. The number of carbonyl (C=O) groups excluding carboxylic acids is 1. The minimum atomic E-state index is -0.711. The fourth-order valence-electron chi connectivity index (χ4n) is 2.66. The van der Waals surface area contributed by atoms with E-state index >= 15 is 0 Å². The first-order valence-corrected chi connectivity index (χ1v) is 9.37. The lowest BCUT2D eigenvalue weighted by Gasteiger charge is -2.08. The number of amides is 1. The molecule has 0 radical (unpaired) electrons. The number of rotatable bonds is 4. The maximum absolute atomic E-state index is 12.8. The molecule has 0 spiro atoms. The van der Waals surface area contributed by atoms with Gasteiger partial charge in [-0.2, -0.15) is 20.3 Å². The average Bonchev–Trinajstić information content (AvgIpc) is 3.27. The van der Waals surface area contributed by atoms with Gasteiger partial charge >= 0.3 is 0 Å². The van der Waals surface area contributed by atoms with Gasteiger partial charge in [0.05, 0.1) is 17.1 Å². The van der Waals surface area contributed by atoms with Gasteiger partial charge in [0.25, 0.3) is 5.91 Å². The zero-order valence-electron chi connectivity index (χ0n) is 14.9. The van der Waals surface area contributed by atoms with Crippen molar-refractivity contribution >= 4 is 33.8 Å². The van der Waals surface area contributed by atoms with Gasteiger partial charge in [0.1, 0.15) is 0 Å². The summed E-state index contributed by atoms with van der Waals surface area (Å²) in [6, 6.07) is 16.7. The summed E-state index contributed by atoms with van der Waals surface area (Å²) in [5.41, 5.74) is 4.33. The van der Waals surface area contributed by atoms with Gasteiger partial charge in [-0.15, -0.1) is 11.3 Å². The molecule has 134 valence electrons. The summed E-state index contributed by atoms with van der Waals surface area (Å²) in [5, 5.41) is 16.5. The van der Waals surface area contributed by atoms with Crippen molar-refractivity contribution in [1.82, 2.24) is 4.98 Å². The standard InChI is InChI=1S/C20H17N5OS/c1-13-8-10-15(11-9-13)17-12-27-20(21-17)25-19(26)18(14(2)24-25)23-22-16-6-4-3-5-7-16/h3-12,18H,1-2H3/t18-/m1/s1. The highest BCUT2D eigenvalue weighted by Crippen LogP contribution is 2.30. The Labute approximate surface area is 160 Å². The Morgan fingerprint density at radius 2 is 1.78 bits per heavy atom. The van der Waals surface area contributed by atoms with Crippen LogP contribution < -0.4 is 5.01 Å². The Balaban J connectivity index is 1.55. The number of benzene rings is 2. The van der Waals surface area contributed by atoms with Crippen molar-refractivity contribution < 1.29 is 4.79 Å². The predicted molar refractivity (Wildman–Crippen MR) is 108 cm³/mol. The van der Waals surface area contributed by atoms with Crippen LogP contribution in [0.5, 0.6) is 0 Å². The van der Waals surface area contributed by atoms with E-state index in [1.54, 1.807) is 6.92 Å². The molecule has 1 aromatic heterocycles. The molecule has 1 amide bonds. The molecule has 0 unspecified atom stereocenters. The average molecular weight is 375 g/mol. The molecule has 0 aliphatic carbocycles. The maximum atomic E-state index is 12.8. The molecule has 0 saturated heterocycles. The number of carbonyl (C=O) groups is 1. The third-order valence-electron chi connectivity index (χ3n) is 4.16. The third-order valence-corrected chi connectivity index (χ3v) is 4.98. The van der Waals surface area contributed by atoms with Crippen LogP contribution in [-0.4, -0.2) is 22.6 Å². The SMILES string of the molecule is CC1=NN(c2nc(-c3ccc(C)cc3)cs2)C(=O)[C@@H]1N=Nc1ccccc1. The van der Waals surface area contributed by atoms with Crippen LogP contribution in [0.4, 0.5) is 10.8 Å². The number of hydrazone groups is 1. The van der Waals surface area contributed by atoms with E-state index in [1.807, 2.05) is 66.9 Å². The monoisotopic (exact) mass is 375 g/mol. The van der Waals surface area contributed by atoms with Gasteiger partial charge in [0, 0.05) is 10.9 Å². The highest BCUT2D eigenvalue weighted by molar-refractivity contribution is 7.14. The summed E-state index contributed by atoms with van der Waals surface area (Å²) >= 11 is 1.38. The quantitative estimate of drug-likeness (QED) is 0.603. The molecule has 2 heterocycles. The molecule has 0 saturated carbocycles. The second kappa shape index (κ2) is 7.20. The highest BCUT2D eigenvalue weighted by Gasteiger charge is 2.36. The molecule has 1 aliphatic heterocycles. The van der Waals surface area contributed by atoms with Gasteiger partial charge in [-0.05, 0) is 26.0 Å². The molecule has 2 aromatic carbocycles. The topological polar surface area (TPSA) is 70.3 Å². The predicted octanol–water partition coefficient (Wildman–Crippen LogP) is 4.99. The molecular weight excluding hydrogens is 358 g/mol. The lowest BCUT2D eigenvalue weighted by Crippen LogP contribution is -2.29. The van der Waals surface area contributed by atoms with Gasteiger partial charge in [-0.1, -0.05) is 48.0 Å². The molecule has 0 fully saturated rings. The summed E-state index contributed by atoms with van der Waals surface area (Å²) in [7, 11) is 0. The number of aromatic nitrogens is 1. The fraction of sp³-hybridized carbons (Fsp3) is 0.150. The van der Waals surface area contributed by atoms with Crippen molar-refractivity contribution in [3.63, 3.8) is 0 Å². The largest absolute Gasteiger partial charge is 0.282 e. The molecule has 4 rings (SSSR count). The minimum absolute atomic E-state index is 0.239. The molecular formula is C20H17N5OS. The van der Waals surface area contributed by atoms with E-state index < -0.39 is 6.04 Å². The van der Waals surface area contributed by atoms with Crippen molar-refractivity contribution in [1.29, 1.82) is 0 Å². The second-order valence-electron chi connectivity index (χ2n) is 6.23. The smallest absolute Gasteiger partial charge is 0.269 e. The van der Waals surface area contributed by atoms with Crippen molar-refractivity contribution in [3.8, 4) is 11.3 Å². The Morgan fingerprint density at radius 1 is 1.04 bits per heavy atom. The number of aryl methyl sites for hydroxylation is 1. The fourth-order valence-corrected chi connectivity index (χ4v) is 3.45. The second-order valence-corrected chi connectivity index (χ2v) is 7.06. The third kappa shape index (κ3) is 3.54. The molecule has 27 heavy (non-hydrogen) atoms. The molecule has 6 nitrogen and oxygen atoms in total. The Hall–Kier alpha value is -3.19. The number of azo groups is 1. The van der Waals surface area contributed by atoms with Gasteiger partial charge in [-0.25, -0.2) is 4.98 Å². The Morgan fingerprint density at radius 3 is 2.52 bits per heavy atom. The van der Waals surface area contributed by atoms with Crippen LogP contribution in [0.3, 0.4) is 0 Å². The summed E-state index contributed by atoms with van der Waals surface area (Å²) in [4.78, 5) is 17.3. The first-order chi connectivity index (χ1) is 13.1. The molecule has 0 N–H and O–H groups in total. The molecule has 7 heteroatoms. The van der Waals surface area contributed by atoms with Crippen LogP contribution in [0.15, 0.2) is 75.3 Å². The van der Waals surface area contributed by atoms with Crippen LogP contribution in [0.25, 0.3) is 11.3 Å². The normalized spacial score (nSPS) is 17.0. The van der Waals surface area contributed by atoms with Gasteiger partial charge in [-0.3, -0.25) is 4.79 Å². The van der Waals surface area contributed by atoms with Crippen molar-refractivity contribution in [2.24, 2.45) is 15.3 Å². The molecule has 3 aromatic rings. The number of anilines is 1. The zero-order chi connectivity index (χ0) is 18.8.